The molecular formula is C23H43NaO4. The molecule has 0 aliphatic heterocycles. The van der Waals surface area contributed by atoms with Gasteiger partial charge < -0.3 is 10.2 Å². The molecule has 0 rings (SSSR count). The summed E-state index contributed by atoms with van der Waals surface area (Å²) in [6.07, 6.45) is 15.5. The van der Waals surface area contributed by atoms with Crippen molar-refractivity contribution in [2.75, 3.05) is 0 Å². The van der Waals surface area contributed by atoms with Crippen molar-refractivity contribution in [1.82, 2.24) is 0 Å². The van der Waals surface area contributed by atoms with Crippen LogP contribution in [0, 0.1) is 11.3 Å². The van der Waals surface area contributed by atoms with Gasteiger partial charge in [0, 0.05) is 0 Å². The van der Waals surface area contributed by atoms with Crippen molar-refractivity contribution in [1.29, 1.82) is 0 Å². The fourth-order valence-corrected chi connectivity index (χ4v) is 4.01. The first-order chi connectivity index (χ1) is 13.0. The third kappa shape index (κ3) is 11.6. The summed E-state index contributed by atoms with van der Waals surface area (Å²) >= 11 is 0. The van der Waals surface area contributed by atoms with Crippen LogP contribution in [-0.4, -0.2) is 51.7 Å². The SMILES string of the molecule is C=CCC(CCCCCCCC)(C(=O)O)C(CCCCCCCC)C(=O)O.[NaH]. The second-order valence-corrected chi connectivity index (χ2v) is 7.92. The minimum absolute atomic E-state index is 0. The molecule has 0 aromatic carbocycles. The number of carboxylic acid groups (broad SMARTS) is 2. The molecule has 0 spiro atoms. The summed E-state index contributed by atoms with van der Waals surface area (Å²) in [6, 6.07) is 0. The number of hydrogen-bond acceptors (Lipinski definition) is 2. The third-order valence-corrected chi connectivity index (χ3v) is 5.72. The van der Waals surface area contributed by atoms with Crippen LogP contribution in [0.4, 0.5) is 0 Å². The number of unbranched alkanes of at least 4 members (excludes halogenated alkanes) is 10. The van der Waals surface area contributed by atoms with E-state index in [1.807, 2.05) is 0 Å². The average Bonchev–Trinajstić information content (AvgIpc) is 2.62. The predicted molar refractivity (Wildman–Crippen MR) is 119 cm³/mol. The van der Waals surface area contributed by atoms with Gasteiger partial charge in [-0.3, -0.25) is 9.59 Å². The van der Waals surface area contributed by atoms with Crippen LogP contribution in [0.15, 0.2) is 12.7 Å². The normalized spacial score (nSPS) is 13.9. The van der Waals surface area contributed by atoms with Gasteiger partial charge in [-0.15, -0.1) is 6.58 Å². The second-order valence-electron chi connectivity index (χ2n) is 7.92. The number of carboxylic acids is 2. The van der Waals surface area contributed by atoms with E-state index in [0.29, 0.717) is 12.8 Å². The Morgan fingerprint density at radius 2 is 1.32 bits per heavy atom. The summed E-state index contributed by atoms with van der Waals surface area (Å²) in [5.74, 6) is -2.79. The zero-order valence-electron chi connectivity index (χ0n) is 17.7. The van der Waals surface area contributed by atoms with E-state index in [-0.39, 0.29) is 36.0 Å². The fourth-order valence-electron chi connectivity index (χ4n) is 4.01. The van der Waals surface area contributed by atoms with Gasteiger partial charge in [0.1, 0.15) is 0 Å². The monoisotopic (exact) mass is 406 g/mol. The minimum atomic E-state index is -1.22. The van der Waals surface area contributed by atoms with Crippen LogP contribution in [0.3, 0.4) is 0 Å². The molecular weight excluding hydrogens is 363 g/mol. The van der Waals surface area contributed by atoms with Gasteiger partial charge >= 0.3 is 41.5 Å². The van der Waals surface area contributed by atoms with E-state index in [9.17, 15) is 19.8 Å². The van der Waals surface area contributed by atoms with Gasteiger partial charge in [0.15, 0.2) is 0 Å². The molecule has 0 aliphatic carbocycles. The van der Waals surface area contributed by atoms with E-state index in [1.165, 1.54) is 32.1 Å². The Morgan fingerprint density at radius 1 is 0.857 bits per heavy atom. The van der Waals surface area contributed by atoms with Crippen LogP contribution in [0.5, 0.6) is 0 Å². The first kappa shape index (κ1) is 29.9. The Labute approximate surface area is 194 Å². The summed E-state index contributed by atoms with van der Waals surface area (Å²) in [7, 11) is 0. The second kappa shape index (κ2) is 18.7. The van der Waals surface area contributed by atoms with Crippen LogP contribution < -0.4 is 0 Å². The van der Waals surface area contributed by atoms with Gasteiger partial charge in [-0.05, 0) is 19.3 Å². The zero-order chi connectivity index (χ0) is 20.5. The van der Waals surface area contributed by atoms with Crippen molar-refractivity contribution < 1.29 is 19.8 Å². The molecule has 0 radical (unpaired) electrons. The van der Waals surface area contributed by atoms with Crippen LogP contribution in [0.2, 0.25) is 0 Å². The maximum atomic E-state index is 12.2. The Bertz CT molecular complexity index is 425. The molecule has 4 nitrogen and oxygen atoms in total. The molecule has 2 unspecified atom stereocenters. The molecule has 2 N–H and O–H groups in total. The average molecular weight is 407 g/mol. The van der Waals surface area contributed by atoms with Crippen molar-refractivity contribution in [3.63, 3.8) is 0 Å². The molecule has 0 aliphatic rings. The van der Waals surface area contributed by atoms with Gasteiger partial charge in [0.05, 0.1) is 11.3 Å². The molecule has 0 saturated heterocycles. The van der Waals surface area contributed by atoms with Gasteiger partial charge in [-0.2, -0.15) is 0 Å². The number of carbonyl (C=O) groups is 2. The van der Waals surface area contributed by atoms with Crippen molar-refractivity contribution in [3.05, 3.63) is 12.7 Å². The van der Waals surface area contributed by atoms with Gasteiger partial charge in [-0.1, -0.05) is 97.0 Å². The molecule has 0 aromatic rings. The quantitative estimate of drug-likeness (QED) is 0.152. The maximum absolute atomic E-state index is 12.2. The van der Waals surface area contributed by atoms with Crippen molar-refractivity contribution in [2.24, 2.45) is 11.3 Å². The van der Waals surface area contributed by atoms with Crippen LogP contribution >= 0.6 is 0 Å². The Hall–Kier alpha value is -0.320. The molecule has 0 bridgehead atoms. The van der Waals surface area contributed by atoms with Crippen LogP contribution in [0.25, 0.3) is 0 Å². The van der Waals surface area contributed by atoms with E-state index < -0.39 is 23.3 Å². The molecule has 0 heterocycles. The molecule has 2 atom stereocenters. The molecule has 0 amide bonds. The summed E-state index contributed by atoms with van der Waals surface area (Å²) in [5, 5.41) is 19.8. The molecule has 0 fully saturated rings. The van der Waals surface area contributed by atoms with Gasteiger partial charge in [0.25, 0.3) is 0 Å². The summed E-state index contributed by atoms with van der Waals surface area (Å²) in [4.78, 5) is 24.2. The fraction of sp³-hybridized carbons (Fsp3) is 0.826. The Kier molecular flexibility index (Phi) is 19.9. The molecule has 28 heavy (non-hydrogen) atoms. The van der Waals surface area contributed by atoms with Crippen LogP contribution in [0.1, 0.15) is 110 Å². The summed E-state index contributed by atoms with van der Waals surface area (Å²) < 4.78 is 0. The van der Waals surface area contributed by atoms with E-state index in [0.717, 1.165) is 44.9 Å². The number of aliphatic carboxylic acids is 2. The molecule has 0 aromatic heterocycles. The molecule has 0 saturated carbocycles. The van der Waals surface area contributed by atoms with E-state index in [2.05, 4.69) is 20.4 Å². The Balaban J connectivity index is 0. The summed E-state index contributed by atoms with van der Waals surface area (Å²) in [6.45, 7) is 8.04. The molecule has 160 valence electrons. The van der Waals surface area contributed by atoms with E-state index in [1.54, 1.807) is 6.08 Å². The van der Waals surface area contributed by atoms with E-state index >= 15 is 0 Å². The first-order valence-corrected chi connectivity index (χ1v) is 11.0. The molecule has 5 heteroatoms. The standard InChI is InChI=1S/C23H42O4.Na.H/c1-4-7-9-11-13-15-17-20(21(24)25)23(18-6-3,22(26)27)19-16-14-12-10-8-5-2;;/h6,20H,3-5,7-19H2,1-2H3,(H,24,25)(H,26,27);;. The van der Waals surface area contributed by atoms with Crippen molar-refractivity contribution >= 4 is 41.5 Å². The topological polar surface area (TPSA) is 74.6 Å². The first-order valence-electron chi connectivity index (χ1n) is 11.0. The number of rotatable bonds is 19. The number of allylic oxidation sites excluding steroid dienone is 1. The van der Waals surface area contributed by atoms with Gasteiger partial charge in [0.2, 0.25) is 0 Å². The van der Waals surface area contributed by atoms with Gasteiger partial charge in [-0.25, -0.2) is 0 Å². The van der Waals surface area contributed by atoms with E-state index in [4.69, 9.17) is 0 Å². The van der Waals surface area contributed by atoms with Crippen LogP contribution in [-0.2, 0) is 9.59 Å². The zero-order valence-corrected chi connectivity index (χ0v) is 17.7. The summed E-state index contributed by atoms with van der Waals surface area (Å²) in [5.41, 5.74) is -1.22. The van der Waals surface area contributed by atoms with Crippen molar-refractivity contribution in [2.45, 2.75) is 110 Å². The Morgan fingerprint density at radius 3 is 1.75 bits per heavy atom. The number of hydrogen-bond donors (Lipinski definition) is 2. The van der Waals surface area contributed by atoms with Crippen molar-refractivity contribution in [3.8, 4) is 0 Å². The third-order valence-electron chi connectivity index (χ3n) is 5.72. The predicted octanol–water partition coefficient (Wildman–Crippen LogP) is 6.19.